The lowest BCUT2D eigenvalue weighted by atomic mass is 9.96. The van der Waals surface area contributed by atoms with Crippen molar-refractivity contribution in [2.45, 2.75) is 38.1 Å². The van der Waals surface area contributed by atoms with Crippen molar-refractivity contribution in [3.63, 3.8) is 0 Å². The molecule has 20 heavy (non-hydrogen) atoms. The molecule has 1 saturated carbocycles. The molecule has 106 valence electrons. The van der Waals surface area contributed by atoms with Crippen LogP contribution in [0.4, 0.5) is 4.79 Å². The van der Waals surface area contributed by atoms with E-state index < -0.39 is 0 Å². The second kappa shape index (κ2) is 5.90. The third-order valence-corrected chi connectivity index (χ3v) is 3.66. The fourth-order valence-electron chi connectivity index (χ4n) is 2.62. The number of urea groups is 1. The van der Waals surface area contributed by atoms with E-state index in [-0.39, 0.29) is 12.1 Å². The minimum Gasteiger partial charge on any atom is -0.471 e. The van der Waals surface area contributed by atoms with Crippen LogP contribution in [0, 0.1) is 0 Å². The van der Waals surface area contributed by atoms with Gasteiger partial charge in [-0.25, -0.2) is 15.2 Å². The van der Waals surface area contributed by atoms with Gasteiger partial charge in [0.1, 0.15) is 12.3 Å². The summed E-state index contributed by atoms with van der Waals surface area (Å²) in [6, 6.07) is 3.74. The minimum absolute atomic E-state index is 0.248. The quantitative estimate of drug-likeness (QED) is 0.808. The van der Waals surface area contributed by atoms with Gasteiger partial charge in [0.15, 0.2) is 0 Å². The normalized spacial score (nSPS) is 20.3. The van der Waals surface area contributed by atoms with Gasteiger partial charge in [0, 0.05) is 12.2 Å². The summed E-state index contributed by atoms with van der Waals surface area (Å²) in [6.45, 7) is 0.343. The van der Waals surface area contributed by atoms with Crippen LogP contribution in [-0.2, 0) is 0 Å². The van der Waals surface area contributed by atoms with Crippen molar-refractivity contribution in [3.8, 4) is 5.88 Å². The monoisotopic (exact) mass is 274 g/mol. The highest BCUT2D eigenvalue weighted by Crippen LogP contribution is 2.21. The molecule has 2 N–H and O–H groups in total. The van der Waals surface area contributed by atoms with Crippen LogP contribution in [0.25, 0.3) is 0 Å². The van der Waals surface area contributed by atoms with Crippen molar-refractivity contribution in [2.24, 2.45) is 5.10 Å². The second-order valence-electron chi connectivity index (χ2n) is 5.12. The van der Waals surface area contributed by atoms with Crippen molar-refractivity contribution >= 4 is 11.7 Å². The Morgan fingerprint density at radius 2 is 2.20 bits per heavy atom. The third-order valence-electron chi connectivity index (χ3n) is 3.66. The summed E-state index contributed by atoms with van der Waals surface area (Å²) in [5, 5.41) is 7.07. The maximum Gasteiger partial charge on any atom is 0.335 e. The fraction of sp³-hybridized carbons (Fsp3) is 0.500. The van der Waals surface area contributed by atoms with Crippen molar-refractivity contribution in [2.75, 3.05) is 6.61 Å². The summed E-state index contributed by atoms with van der Waals surface area (Å²) in [5.74, 6) is 0.570. The predicted molar refractivity (Wildman–Crippen MR) is 74.8 cm³/mol. The van der Waals surface area contributed by atoms with E-state index in [1.165, 1.54) is 19.3 Å². The smallest absolute Gasteiger partial charge is 0.335 e. The van der Waals surface area contributed by atoms with Gasteiger partial charge in [0.05, 0.1) is 5.56 Å². The number of ether oxygens (including phenoxy) is 1. The Labute approximate surface area is 117 Å². The highest BCUT2D eigenvalue weighted by molar-refractivity contribution is 6.05. The maximum atomic E-state index is 11.8. The van der Waals surface area contributed by atoms with Crippen LogP contribution >= 0.6 is 0 Å². The first kappa shape index (κ1) is 12.9. The van der Waals surface area contributed by atoms with Crippen molar-refractivity contribution < 1.29 is 9.53 Å². The summed E-state index contributed by atoms with van der Waals surface area (Å²) in [6.07, 6.45) is 7.42. The first-order valence-electron chi connectivity index (χ1n) is 7.04. The minimum atomic E-state index is -0.248. The van der Waals surface area contributed by atoms with E-state index in [4.69, 9.17) is 4.74 Å². The average Bonchev–Trinajstić information content (AvgIpc) is 2.89. The number of fused-ring (bicyclic) bond motifs is 1. The largest absolute Gasteiger partial charge is 0.471 e. The van der Waals surface area contributed by atoms with Gasteiger partial charge in [-0.15, -0.1) is 0 Å². The van der Waals surface area contributed by atoms with E-state index in [0.29, 0.717) is 18.2 Å². The molecule has 0 atom stereocenters. The molecule has 1 fully saturated rings. The van der Waals surface area contributed by atoms with E-state index in [1.54, 1.807) is 6.20 Å². The number of nitrogens with zero attached hydrogens (tertiary/aromatic N) is 2. The van der Waals surface area contributed by atoms with E-state index >= 15 is 0 Å². The Morgan fingerprint density at radius 3 is 3.05 bits per heavy atom. The fourth-order valence-corrected chi connectivity index (χ4v) is 2.62. The Hall–Kier alpha value is -2.11. The number of carbonyl (C=O) groups excluding carboxylic acids is 1. The molecule has 0 saturated heterocycles. The van der Waals surface area contributed by atoms with Gasteiger partial charge in [-0.3, -0.25) is 0 Å². The molecule has 2 aliphatic rings. The Bertz CT molecular complexity index is 524. The highest BCUT2D eigenvalue weighted by Gasteiger charge is 2.20. The molecule has 6 nitrogen and oxygen atoms in total. The van der Waals surface area contributed by atoms with Crippen molar-refractivity contribution in [1.29, 1.82) is 0 Å². The zero-order valence-electron chi connectivity index (χ0n) is 11.3. The van der Waals surface area contributed by atoms with Crippen LogP contribution in [-0.4, -0.2) is 29.4 Å². The lowest BCUT2D eigenvalue weighted by Gasteiger charge is -2.22. The molecule has 0 spiro atoms. The lowest BCUT2D eigenvalue weighted by Crippen LogP contribution is -2.41. The average molecular weight is 274 g/mol. The van der Waals surface area contributed by atoms with Gasteiger partial charge in [-0.1, -0.05) is 19.3 Å². The number of pyridine rings is 1. The number of hydrazone groups is 1. The summed E-state index contributed by atoms with van der Waals surface area (Å²) in [7, 11) is 0. The number of rotatable bonds is 2. The van der Waals surface area contributed by atoms with Crippen LogP contribution in [0.2, 0.25) is 0 Å². The van der Waals surface area contributed by atoms with E-state index in [9.17, 15) is 4.79 Å². The Balaban J connectivity index is 1.56. The molecule has 0 unspecified atom stereocenters. The van der Waals surface area contributed by atoms with Gasteiger partial charge < -0.3 is 10.1 Å². The van der Waals surface area contributed by atoms with Crippen molar-refractivity contribution in [3.05, 3.63) is 23.9 Å². The Kier molecular flexibility index (Phi) is 3.80. The number of carbonyl (C=O) groups is 1. The topological polar surface area (TPSA) is 75.6 Å². The van der Waals surface area contributed by atoms with Crippen LogP contribution in [0.1, 0.15) is 37.7 Å². The summed E-state index contributed by atoms with van der Waals surface area (Å²) in [4.78, 5) is 15.9. The molecule has 1 aliphatic heterocycles. The number of aromatic nitrogens is 1. The molecular formula is C14H18N4O2. The first-order valence-corrected chi connectivity index (χ1v) is 7.04. The van der Waals surface area contributed by atoms with Crippen LogP contribution in [0.3, 0.4) is 0 Å². The molecule has 0 bridgehead atoms. The van der Waals surface area contributed by atoms with E-state index in [2.05, 4.69) is 20.8 Å². The zero-order chi connectivity index (χ0) is 13.8. The second-order valence-corrected chi connectivity index (χ2v) is 5.12. The van der Waals surface area contributed by atoms with Crippen LogP contribution in [0.15, 0.2) is 23.4 Å². The molecule has 0 radical (unpaired) electrons. The first-order chi connectivity index (χ1) is 9.83. The molecular weight excluding hydrogens is 256 g/mol. The highest BCUT2D eigenvalue weighted by atomic mass is 16.5. The molecule has 2 heterocycles. The summed E-state index contributed by atoms with van der Waals surface area (Å²) >= 11 is 0. The molecule has 0 aromatic carbocycles. The standard InChI is InChI=1S/C14H18N4O2/c19-14(16-10-5-2-1-3-6-10)18-17-12-9-20-13-11(12)7-4-8-15-13/h4,7-8,10H,1-3,5-6,9H2,(H2,16,18,19)/b17-12-. The number of nitrogens with one attached hydrogen (secondary N) is 2. The summed E-state index contributed by atoms with van der Waals surface area (Å²) < 4.78 is 5.38. The van der Waals surface area contributed by atoms with Crippen molar-refractivity contribution in [1.82, 2.24) is 15.7 Å². The molecule has 6 heteroatoms. The number of amides is 2. The number of hydrogen-bond donors (Lipinski definition) is 2. The zero-order valence-corrected chi connectivity index (χ0v) is 11.3. The van der Waals surface area contributed by atoms with Gasteiger partial charge in [-0.05, 0) is 25.0 Å². The van der Waals surface area contributed by atoms with E-state index in [0.717, 1.165) is 18.4 Å². The Morgan fingerprint density at radius 1 is 1.35 bits per heavy atom. The molecule has 1 aromatic heterocycles. The van der Waals surface area contributed by atoms with Crippen LogP contribution < -0.4 is 15.5 Å². The van der Waals surface area contributed by atoms with Crippen LogP contribution in [0.5, 0.6) is 5.88 Å². The SMILES string of the molecule is O=C(N/N=C1/COc2ncccc21)NC1CCCCC1. The molecule has 1 aromatic rings. The third kappa shape index (κ3) is 2.89. The maximum absolute atomic E-state index is 11.8. The van der Waals surface area contributed by atoms with Gasteiger partial charge in [-0.2, -0.15) is 5.10 Å². The molecule has 3 rings (SSSR count). The van der Waals surface area contributed by atoms with E-state index in [1.807, 2.05) is 12.1 Å². The molecule has 2 amide bonds. The molecule has 1 aliphatic carbocycles. The van der Waals surface area contributed by atoms with Gasteiger partial charge in [0.2, 0.25) is 5.88 Å². The van der Waals surface area contributed by atoms with Gasteiger partial charge in [0.25, 0.3) is 0 Å². The predicted octanol–water partition coefficient (Wildman–Crippen LogP) is 1.81. The number of hydrogen-bond acceptors (Lipinski definition) is 4. The summed E-state index contributed by atoms with van der Waals surface area (Å²) in [5.41, 5.74) is 4.08. The lowest BCUT2D eigenvalue weighted by molar-refractivity contribution is 0.233. The van der Waals surface area contributed by atoms with Gasteiger partial charge >= 0.3 is 6.03 Å².